The van der Waals surface area contributed by atoms with E-state index < -0.39 is 5.97 Å². The molecule has 0 heterocycles. The predicted octanol–water partition coefficient (Wildman–Crippen LogP) is 2.74. The molecule has 0 aliphatic rings. The van der Waals surface area contributed by atoms with Gasteiger partial charge in [0.1, 0.15) is 5.75 Å². The van der Waals surface area contributed by atoms with E-state index in [0.717, 1.165) is 30.2 Å². The smallest absolute Gasteiger partial charge is 0.328 e. The molecular weight excluding hydrogens is 272 g/mol. The Hall–Kier alpha value is -1.85. The van der Waals surface area contributed by atoms with E-state index in [1.165, 1.54) is 0 Å². The second kappa shape index (κ2) is 9.96. The summed E-state index contributed by atoms with van der Waals surface area (Å²) in [5.74, 6) is -0.269. The zero-order valence-corrected chi connectivity index (χ0v) is 12.5. The van der Waals surface area contributed by atoms with E-state index in [1.807, 2.05) is 12.1 Å². The van der Waals surface area contributed by atoms with Gasteiger partial charge in [0.05, 0.1) is 26.9 Å². The minimum absolute atomic E-state index is 0.381. The molecule has 0 unspecified atom stereocenters. The van der Waals surface area contributed by atoms with Crippen molar-refractivity contribution in [2.24, 2.45) is 0 Å². The molecule has 0 atom stereocenters. The molecule has 5 nitrogen and oxygen atoms in total. The van der Waals surface area contributed by atoms with Gasteiger partial charge in [-0.3, -0.25) is 0 Å². The Morgan fingerprint density at radius 3 is 2.67 bits per heavy atom. The van der Waals surface area contributed by atoms with Crippen LogP contribution in [0.1, 0.15) is 24.5 Å². The number of rotatable bonds is 10. The molecule has 1 aromatic rings. The van der Waals surface area contributed by atoms with Crippen molar-refractivity contribution in [2.45, 2.75) is 20.0 Å². The van der Waals surface area contributed by atoms with Crippen LogP contribution < -0.4 is 4.74 Å². The van der Waals surface area contributed by atoms with Crippen molar-refractivity contribution in [2.75, 3.05) is 26.9 Å². The van der Waals surface area contributed by atoms with E-state index in [1.54, 1.807) is 19.3 Å². The van der Waals surface area contributed by atoms with Gasteiger partial charge in [0, 0.05) is 12.7 Å². The van der Waals surface area contributed by atoms with Crippen LogP contribution in [0.3, 0.4) is 0 Å². The number of carboxylic acids is 1. The summed E-state index contributed by atoms with van der Waals surface area (Å²) >= 11 is 0. The summed E-state index contributed by atoms with van der Waals surface area (Å²) in [5, 5.41) is 8.70. The van der Waals surface area contributed by atoms with Gasteiger partial charge in [-0.1, -0.05) is 13.0 Å². The molecule has 1 aromatic carbocycles. The minimum Gasteiger partial charge on any atom is -0.497 e. The summed E-state index contributed by atoms with van der Waals surface area (Å²) < 4.78 is 16.1. The van der Waals surface area contributed by atoms with E-state index in [4.69, 9.17) is 19.3 Å². The molecule has 0 amide bonds. The average molecular weight is 294 g/mol. The summed E-state index contributed by atoms with van der Waals surface area (Å²) in [6.45, 7) is 4.22. The van der Waals surface area contributed by atoms with Gasteiger partial charge in [-0.15, -0.1) is 0 Å². The Balaban J connectivity index is 2.61. The lowest BCUT2D eigenvalue weighted by atomic mass is 10.1. The van der Waals surface area contributed by atoms with Crippen molar-refractivity contribution in [1.29, 1.82) is 0 Å². The van der Waals surface area contributed by atoms with Gasteiger partial charge >= 0.3 is 5.97 Å². The van der Waals surface area contributed by atoms with Gasteiger partial charge in [-0.2, -0.15) is 0 Å². The van der Waals surface area contributed by atoms with Gasteiger partial charge in [0.25, 0.3) is 0 Å². The molecule has 21 heavy (non-hydrogen) atoms. The van der Waals surface area contributed by atoms with Crippen LogP contribution >= 0.6 is 0 Å². The Bertz CT molecular complexity index is 468. The lowest BCUT2D eigenvalue weighted by Crippen LogP contribution is -2.05. The number of carbonyl (C=O) groups is 1. The highest BCUT2D eigenvalue weighted by Gasteiger charge is 2.03. The normalized spacial score (nSPS) is 11.0. The van der Waals surface area contributed by atoms with Crippen molar-refractivity contribution < 1.29 is 24.1 Å². The minimum atomic E-state index is -0.981. The van der Waals surface area contributed by atoms with Gasteiger partial charge in [-0.05, 0) is 35.8 Å². The van der Waals surface area contributed by atoms with Crippen molar-refractivity contribution in [3.8, 4) is 5.75 Å². The van der Waals surface area contributed by atoms with Crippen molar-refractivity contribution >= 4 is 12.0 Å². The van der Waals surface area contributed by atoms with E-state index in [9.17, 15) is 4.79 Å². The molecule has 0 aliphatic carbocycles. The largest absolute Gasteiger partial charge is 0.497 e. The number of ether oxygens (including phenoxy) is 3. The van der Waals surface area contributed by atoms with E-state index in [-0.39, 0.29) is 0 Å². The highest BCUT2D eigenvalue weighted by Crippen LogP contribution is 2.20. The van der Waals surface area contributed by atoms with Crippen molar-refractivity contribution in [3.63, 3.8) is 0 Å². The van der Waals surface area contributed by atoms with Gasteiger partial charge < -0.3 is 19.3 Å². The predicted molar refractivity (Wildman–Crippen MR) is 80.4 cm³/mol. The van der Waals surface area contributed by atoms with Crippen LogP contribution in [0.25, 0.3) is 6.08 Å². The number of benzene rings is 1. The van der Waals surface area contributed by atoms with Crippen molar-refractivity contribution in [1.82, 2.24) is 0 Å². The molecule has 0 bridgehead atoms. The van der Waals surface area contributed by atoms with Gasteiger partial charge in [-0.25, -0.2) is 4.79 Å². The Kier molecular flexibility index (Phi) is 8.16. The van der Waals surface area contributed by atoms with Crippen molar-refractivity contribution in [3.05, 3.63) is 35.4 Å². The van der Waals surface area contributed by atoms with Crippen LogP contribution in [0.2, 0.25) is 0 Å². The average Bonchev–Trinajstić information content (AvgIpc) is 2.49. The molecule has 0 fully saturated rings. The first kappa shape index (κ1) is 17.2. The zero-order valence-electron chi connectivity index (χ0n) is 12.5. The molecular formula is C16H22O5. The maximum atomic E-state index is 10.6. The second-order valence-electron chi connectivity index (χ2n) is 4.40. The number of hydrogen-bond acceptors (Lipinski definition) is 4. The lowest BCUT2D eigenvalue weighted by molar-refractivity contribution is -0.131. The van der Waals surface area contributed by atoms with Crippen LogP contribution in [0.5, 0.6) is 5.75 Å². The van der Waals surface area contributed by atoms with Gasteiger partial charge in [0.2, 0.25) is 0 Å². The van der Waals surface area contributed by atoms with Crippen LogP contribution in [-0.4, -0.2) is 38.0 Å². The number of aliphatic carboxylic acids is 1. The van der Waals surface area contributed by atoms with Gasteiger partial charge in [0.15, 0.2) is 0 Å². The van der Waals surface area contributed by atoms with Crippen LogP contribution in [-0.2, 0) is 20.9 Å². The number of methoxy groups -OCH3 is 1. The van der Waals surface area contributed by atoms with E-state index in [2.05, 4.69) is 6.92 Å². The SMILES string of the molecule is CCCOCCOCc1cc(OC)ccc1C=CC(=O)O. The third-order valence-electron chi connectivity index (χ3n) is 2.73. The van der Waals surface area contributed by atoms with Crippen LogP contribution in [0.15, 0.2) is 24.3 Å². The second-order valence-corrected chi connectivity index (χ2v) is 4.40. The Morgan fingerprint density at radius 1 is 1.24 bits per heavy atom. The first-order valence-corrected chi connectivity index (χ1v) is 6.90. The summed E-state index contributed by atoms with van der Waals surface area (Å²) in [6.07, 6.45) is 3.64. The first-order chi connectivity index (χ1) is 10.2. The zero-order chi connectivity index (χ0) is 15.5. The highest BCUT2D eigenvalue weighted by molar-refractivity contribution is 5.85. The molecule has 1 rings (SSSR count). The maximum absolute atomic E-state index is 10.6. The Labute approximate surface area is 125 Å². The summed E-state index contributed by atoms with van der Waals surface area (Å²) in [6, 6.07) is 5.44. The topological polar surface area (TPSA) is 65.0 Å². The maximum Gasteiger partial charge on any atom is 0.328 e. The summed E-state index contributed by atoms with van der Waals surface area (Å²) in [5.41, 5.74) is 1.68. The fourth-order valence-corrected chi connectivity index (χ4v) is 1.70. The molecule has 0 radical (unpaired) electrons. The third-order valence-corrected chi connectivity index (χ3v) is 2.73. The fraction of sp³-hybridized carbons (Fsp3) is 0.438. The molecule has 0 spiro atoms. The fourth-order valence-electron chi connectivity index (χ4n) is 1.70. The molecule has 0 aromatic heterocycles. The molecule has 5 heteroatoms. The summed E-state index contributed by atoms with van der Waals surface area (Å²) in [4.78, 5) is 10.6. The quantitative estimate of drug-likeness (QED) is 0.531. The van der Waals surface area contributed by atoms with E-state index in [0.29, 0.717) is 25.6 Å². The number of carboxylic acid groups (broad SMARTS) is 1. The standard InChI is InChI=1S/C16H22O5/c1-3-8-20-9-10-21-12-14-11-15(19-2)6-4-13(14)5-7-16(17)18/h4-7,11H,3,8-10,12H2,1-2H3,(H,17,18). The third kappa shape index (κ3) is 6.92. The molecule has 0 saturated carbocycles. The van der Waals surface area contributed by atoms with Crippen LogP contribution in [0.4, 0.5) is 0 Å². The number of hydrogen-bond donors (Lipinski definition) is 1. The Morgan fingerprint density at radius 2 is 2.00 bits per heavy atom. The molecule has 116 valence electrons. The molecule has 1 N–H and O–H groups in total. The highest BCUT2D eigenvalue weighted by atomic mass is 16.5. The first-order valence-electron chi connectivity index (χ1n) is 6.90. The molecule has 0 aliphatic heterocycles. The summed E-state index contributed by atoms with van der Waals surface area (Å²) in [7, 11) is 1.59. The monoisotopic (exact) mass is 294 g/mol. The van der Waals surface area contributed by atoms with Crippen LogP contribution in [0, 0.1) is 0 Å². The molecule has 0 saturated heterocycles. The lowest BCUT2D eigenvalue weighted by Gasteiger charge is -2.10. The van der Waals surface area contributed by atoms with E-state index >= 15 is 0 Å².